The number of benzene rings is 4. The van der Waals surface area contributed by atoms with Gasteiger partial charge in [0.05, 0.1) is 93.1 Å². The molecule has 20 heteroatoms. The van der Waals surface area contributed by atoms with Gasteiger partial charge in [-0.25, -0.2) is 0 Å². The van der Waals surface area contributed by atoms with Gasteiger partial charge in [-0.1, -0.05) is 58.2 Å². The molecule has 0 unspecified atom stereocenters. The van der Waals surface area contributed by atoms with Crippen molar-refractivity contribution in [2.45, 2.75) is 0 Å². The van der Waals surface area contributed by atoms with E-state index in [4.69, 9.17) is 0 Å². The van der Waals surface area contributed by atoms with Crippen molar-refractivity contribution in [2.24, 2.45) is 0 Å². The van der Waals surface area contributed by atoms with Gasteiger partial charge >= 0.3 is 0 Å². The van der Waals surface area contributed by atoms with Crippen molar-refractivity contribution >= 4 is 81.0 Å². The first-order valence-electron chi connectivity index (χ1n) is 19.3. The van der Waals surface area contributed by atoms with Crippen molar-refractivity contribution in [1.29, 1.82) is 84.2 Å². The maximum Gasteiger partial charge on any atom is 0.272 e. The lowest BCUT2D eigenvalue weighted by Gasteiger charge is -2.24. The molecule has 0 radical (unpaired) electrons. The lowest BCUT2D eigenvalue weighted by atomic mass is 9.34. The summed E-state index contributed by atoms with van der Waals surface area (Å²) in [6.07, 6.45) is 0. The van der Waals surface area contributed by atoms with Crippen molar-refractivity contribution < 1.29 is 0 Å². The summed E-state index contributed by atoms with van der Waals surface area (Å²) in [5, 5.41) is 167. The third-order valence-corrected chi connectivity index (χ3v) is 12.5. The molecule has 4 aliphatic heterocycles. The third kappa shape index (κ3) is 5.36. The minimum atomic E-state index is -1.43. The average Bonchev–Trinajstić information content (AvgIpc) is 4.08. The van der Waals surface area contributed by atoms with E-state index < -0.39 is 26.9 Å². The molecule has 4 aliphatic rings. The Hall–Kier alpha value is -12.1. The standard InChI is InChI=1S/C48H6B4N16/c53-7-29-30(8-54)40(16-62)49(39(29)15-61)25-1-23-3-37(51-43(19-65)33(11-57)34(12-58)44(51)20-66)28-6-26(50-41(17-63)31(9-55)32(10-56)42(50)18-64)2-24-4-38(27(5-25)47(23)48(24)28)52-45(21-67)35(13-59)36(14-60)46(52)22-68/h1-6H. The monoisotopic (exact) mass is 850 g/mol. The van der Waals surface area contributed by atoms with Gasteiger partial charge in [-0.15, -0.1) is 0 Å². The van der Waals surface area contributed by atoms with Crippen LogP contribution in [-0.2, 0) is 0 Å². The fourth-order valence-corrected chi connectivity index (χ4v) is 9.91. The molecule has 0 aliphatic carbocycles. The van der Waals surface area contributed by atoms with Crippen LogP contribution in [0.2, 0.25) is 0 Å². The SMILES string of the molecule is N#CC1=C(C#N)C(C#N)=C(C#N)B1c1cc2cc(B3C(C#N)=C(C#N)C(C#N)=C3C#N)c3cc(B4C(C#N)=C(C#N)C(C#N)=C4C#N)cc4cc(B5C(C#N)=C(C#N)C(C#N)=C5C#N)c(c1)c2c43. The van der Waals surface area contributed by atoms with Gasteiger partial charge < -0.3 is 0 Å². The van der Waals surface area contributed by atoms with Crippen LogP contribution in [0.4, 0.5) is 0 Å². The lowest BCUT2D eigenvalue weighted by molar-refractivity contribution is 1.42. The summed E-state index contributed by atoms with van der Waals surface area (Å²) < 4.78 is 0. The van der Waals surface area contributed by atoms with Crippen LogP contribution >= 0.6 is 0 Å². The molecule has 68 heavy (non-hydrogen) atoms. The van der Waals surface area contributed by atoms with Crippen molar-refractivity contribution in [3.63, 3.8) is 0 Å². The summed E-state index contributed by atoms with van der Waals surface area (Å²) >= 11 is 0. The lowest BCUT2D eigenvalue weighted by Crippen LogP contribution is -2.39. The Morgan fingerprint density at radius 1 is 0.235 bits per heavy atom. The summed E-state index contributed by atoms with van der Waals surface area (Å²) in [5.41, 5.74) is -4.76. The van der Waals surface area contributed by atoms with Crippen LogP contribution in [0.3, 0.4) is 0 Å². The van der Waals surface area contributed by atoms with E-state index in [0.717, 1.165) is 0 Å². The van der Waals surface area contributed by atoms with Crippen molar-refractivity contribution in [3.8, 4) is 97.1 Å². The summed E-state index contributed by atoms with van der Waals surface area (Å²) in [6.45, 7) is -5.56. The molecule has 4 aromatic rings. The Labute approximate surface area is 385 Å². The van der Waals surface area contributed by atoms with E-state index in [0.29, 0.717) is 10.8 Å². The van der Waals surface area contributed by atoms with Gasteiger partial charge in [0.25, 0.3) is 26.9 Å². The van der Waals surface area contributed by atoms with Gasteiger partial charge in [0, 0.05) is 43.8 Å². The highest BCUT2D eigenvalue weighted by Gasteiger charge is 2.46. The molecule has 290 valence electrons. The Bertz CT molecular complexity index is 3830. The summed E-state index contributed by atoms with van der Waals surface area (Å²) in [6, 6.07) is 39.5. The van der Waals surface area contributed by atoms with Crippen LogP contribution in [0, 0.1) is 181 Å². The zero-order chi connectivity index (χ0) is 48.9. The molecule has 8 rings (SSSR count). The normalized spacial score (nSPS) is 15.1. The van der Waals surface area contributed by atoms with E-state index in [1.807, 2.05) is 97.1 Å². The second-order valence-electron chi connectivity index (χ2n) is 15.1. The topological polar surface area (TPSA) is 381 Å². The Balaban J connectivity index is 1.67. The molecule has 0 spiro atoms. The van der Waals surface area contributed by atoms with E-state index in [2.05, 4.69) is 0 Å². The van der Waals surface area contributed by atoms with Gasteiger partial charge in [0.1, 0.15) is 48.6 Å². The minimum absolute atomic E-state index is 0.106. The summed E-state index contributed by atoms with van der Waals surface area (Å²) in [4.78, 5) is 0. The largest absolute Gasteiger partial charge is 0.272 e. The molecule has 0 bridgehead atoms. The van der Waals surface area contributed by atoms with Gasteiger partial charge in [0.2, 0.25) is 0 Å². The van der Waals surface area contributed by atoms with Crippen LogP contribution in [0.5, 0.6) is 0 Å². The number of hydrogen-bond donors (Lipinski definition) is 0. The van der Waals surface area contributed by atoms with E-state index in [1.54, 1.807) is 0 Å². The van der Waals surface area contributed by atoms with Crippen molar-refractivity contribution in [2.75, 3.05) is 0 Å². The van der Waals surface area contributed by atoms with Gasteiger partial charge in [-0.05, 0) is 32.3 Å². The number of rotatable bonds is 4. The average molecular weight is 850 g/mol. The van der Waals surface area contributed by atoms with E-state index in [-0.39, 0.29) is 132 Å². The fourth-order valence-electron chi connectivity index (χ4n) is 9.91. The van der Waals surface area contributed by atoms with Crippen LogP contribution < -0.4 is 21.9 Å². The molecule has 0 fully saturated rings. The van der Waals surface area contributed by atoms with Crippen LogP contribution in [0.15, 0.2) is 125 Å². The van der Waals surface area contributed by atoms with Crippen LogP contribution in [0.25, 0.3) is 32.3 Å². The Morgan fingerprint density at radius 3 is 0.632 bits per heavy atom. The molecular weight excluding hydrogens is 844 g/mol. The van der Waals surface area contributed by atoms with E-state index in [1.165, 1.54) is 36.4 Å². The van der Waals surface area contributed by atoms with Crippen LogP contribution in [-0.4, -0.2) is 26.9 Å². The molecule has 0 amide bonds. The highest BCUT2D eigenvalue weighted by molar-refractivity contribution is 6.94. The first kappa shape index (κ1) is 42.6. The summed E-state index contributed by atoms with van der Waals surface area (Å²) in [7, 11) is 0. The predicted molar refractivity (Wildman–Crippen MR) is 238 cm³/mol. The van der Waals surface area contributed by atoms with Crippen molar-refractivity contribution in [1.82, 2.24) is 0 Å². The maximum atomic E-state index is 10.6. The Morgan fingerprint density at radius 2 is 0.441 bits per heavy atom. The molecule has 0 saturated carbocycles. The maximum absolute atomic E-state index is 10.6. The smallest absolute Gasteiger partial charge is 0.194 e. The first-order chi connectivity index (χ1) is 33.1. The Kier molecular flexibility index (Phi) is 10.0. The molecular formula is C48H6B4N16. The number of nitriles is 16. The third-order valence-electron chi connectivity index (χ3n) is 12.5. The highest BCUT2D eigenvalue weighted by Crippen LogP contribution is 2.41. The predicted octanol–water partition coefficient (Wildman–Crippen LogP) is 2.51. The molecule has 4 heterocycles. The summed E-state index contributed by atoms with van der Waals surface area (Å²) in [5.74, 6) is 0. The molecule has 4 aromatic carbocycles. The number of allylic oxidation sites excluding steroid dienone is 16. The van der Waals surface area contributed by atoms with E-state index >= 15 is 0 Å². The molecule has 0 saturated heterocycles. The first-order valence-corrected chi connectivity index (χ1v) is 19.3. The molecule has 0 aromatic heterocycles. The van der Waals surface area contributed by atoms with E-state index in [9.17, 15) is 84.2 Å². The zero-order valence-corrected chi connectivity index (χ0v) is 33.9. The van der Waals surface area contributed by atoms with Crippen LogP contribution in [0.1, 0.15) is 0 Å². The minimum Gasteiger partial charge on any atom is -0.194 e. The fraction of sp³-hybridized carbons (Fsp3) is 0. The molecule has 0 atom stereocenters. The second kappa shape index (κ2) is 16.0. The van der Waals surface area contributed by atoms with Crippen molar-refractivity contribution in [3.05, 3.63) is 125 Å². The molecule has 0 N–H and O–H groups in total. The number of hydrogen-bond acceptors (Lipinski definition) is 16. The van der Waals surface area contributed by atoms with Gasteiger partial charge in [-0.2, -0.15) is 84.2 Å². The van der Waals surface area contributed by atoms with Gasteiger partial charge in [-0.3, -0.25) is 0 Å². The zero-order valence-electron chi connectivity index (χ0n) is 33.9. The number of nitrogens with zero attached hydrogens (tertiary/aromatic N) is 16. The quantitative estimate of drug-likeness (QED) is 0.210. The van der Waals surface area contributed by atoms with Gasteiger partial charge in [0.15, 0.2) is 0 Å². The highest BCUT2D eigenvalue weighted by atomic mass is 14.4. The second-order valence-corrected chi connectivity index (χ2v) is 15.1. The molecule has 16 nitrogen and oxygen atoms in total.